The van der Waals surface area contributed by atoms with Crippen LogP contribution < -0.4 is 9.47 Å². The Morgan fingerprint density at radius 1 is 1.07 bits per heavy atom. The zero-order valence-electron chi connectivity index (χ0n) is 16.1. The number of nitrogens with zero attached hydrogens (tertiary/aromatic N) is 1. The summed E-state index contributed by atoms with van der Waals surface area (Å²) in [5, 5.41) is 0. The normalized spacial score (nSPS) is 25.4. The lowest BCUT2D eigenvalue weighted by atomic mass is 9.86. The molecular weight excluding hydrogens is 382 g/mol. The molecule has 1 fully saturated rings. The molecule has 9 heteroatoms. The van der Waals surface area contributed by atoms with Gasteiger partial charge in [0.05, 0.1) is 0 Å². The van der Waals surface area contributed by atoms with E-state index in [0.29, 0.717) is 24.5 Å². The van der Waals surface area contributed by atoms with Gasteiger partial charge in [0.25, 0.3) is 5.91 Å². The maximum absolute atomic E-state index is 13.2. The first-order valence-corrected chi connectivity index (χ1v) is 9.42. The minimum absolute atomic E-state index is 0.0997. The number of carbonyl (C=O) groups is 4. The second-order valence-electron chi connectivity index (χ2n) is 7.35. The van der Waals surface area contributed by atoms with E-state index in [4.69, 9.17) is 18.9 Å². The molecule has 2 bridgehead atoms. The number of Topliss-reactive ketones (excluding diaryl/α,β-unsaturated/α-hetero) is 1. The van der Waals surface area contributed by atoms with Crippen LogP contribution in [0.3, 0.4) is 0 Å². The van der Waals surface area contributed by atoms with Crippen LogP contribution in [0.15, 0.2) is 12.1 Å². The molecule has 3 heterocycles. The fraction of sp³-hybridized carbons (Fsp3) is 0.500. The molecule has 1 amide bonds. The fourth-order valence-corrected chi connectivity index (χ4v) is 4.12. The zero-order chi connectivity index (χ0) is 20.7. The number of rotatable bonds is 2. The molecule has 29 heavy (non-hydrogen) atoms. The van der Waals surface area contributed by atoms with Crippen LogP contribution in [-0.2, 0) is 35.2 Å². The largest absolute Gasteiger partial charge is 0.458 e. The maximum Gasteiger partial charge on any atom is 0.303 e. The number of fused-ring (bicyclic) bond motifs is 6. The Balaban J connectivity index is 1.78. The Kier molecular flexibility index (Phi) is 4.89. The molecule has 0 aromatic heterocycles. The number of hydrogen-bond acceptors (Lipinski definition) is 8. The van der Waals surface area contributed by atoms with E-state index in [-0.39, 0.29) is 25.5 Å². The Hall–Kier alpha value is -3.10. The van der Waals surface area contributed by atoms with Crippen LogP contribution in [0.4, 0.5) is 0 Å². The minimum Gasteiger partial charge on any atom is -0.458 e. The number of hydrogen-bond donors (Lipinski definition) is 0. The van der Waals surface area contributed by atoms with Crippen LogP contribution in [0.2, 0.25) is 0 Å². The second-order valence-corrected chi connectivity index (χ2v) is 7.35. The molecule has 1 aromatic rings. The summed E-state index contributed by atoms with van der Waals surface area (Å²) in [6.45, 7) is 2.98. The number of ketones is 1. The van der Waals surface area contributed by atoms with E-state index in [1.165, 1.54) is 18.7 Å². The Labute approximate surface area is 166 Å². The third-order valence-corrected chi connectivity index (χ3v) is 5.35. The highest BCUT2D eigenvalue weighted by Crippen LogP contribution is 2.41. The van der Waals surface area contributed by atoms with Crippen molar-refractivity contribution in [2.75, 3.05) is 13.3 Å². The van der Waals surface area contributed by atoms with E-state index < -0.39 is 36.0 Å². The first kappa shape index (κ1) is 19.2. The van der Waals surface area contributed by atoms with E-state index >= 15 is 0 Å². The van der Waals surface area contributed by atoms with E-state index in [1.807, 2.05) is 0 Å². The molecule has 1 aromatic carbocycles. The molecule has 3 aliphatic rings. The van der Waals surface area contributed by atoms with Crippen molar-refractivity contribution in [2.45, 2.75) is 51.4 Å². The second kappa shape index (κ2) is 7.38. The summed E-state index contributed by atoms with van der Waals surface area (Å²) in [4.78, 5) is 51.1. The number of ether oxygens (including phenoxy) is 4. The van der Waals surface area contributed by atoms with Gasteiger partial charge >= 0.3 is 11.9 Å². The molecule has 4 rings (SSSR count). The van der Waals surface area contributed by atoms with Crippen LogP contribution in [-0.4, -0.2) is 54.1 Å². The number of amides is 1. The van der Waals surface area contributed by atoms with Gasteiger partial charge in [0.1, 0.15) is 5.78 Å². The van der Waals surface area contributed by atoms with Crippen molar-refractivity contribution in [2.24, 2.45) is 0 Å². The third kappa shape index (κ3) is 3.64. The van der Waals surface area contributed by atoms with Gasteiger partial charge in [-0.2, -0.15) is 0 Å². The summed E-state index contributed by atoms with van der Waals surface area (Å²) in [5.41, 5.74) is 1.56. The molecule has 0 N–H and O–H groups in total. The molecular formula is C20H21NO8. The van der Waals surface area contributed by atoms with E-state index in [0.717, 1.165) is 11.1 Å². The highest BCUT2D eigenvalue weighted by atomic mass is 16.7. The van der Waals surface area contributed by atoms with Crippen molar-refractivity contribution >= 4 is 23.6 Å². The van der Waals surface area contributed by atoms with Crippen molar-refractivity contribution in [1.29, 1.82) is 0 Å². The monoisotopic (exact) mass is 403 g/mol. The summed E-state index contributed by atoms with van der Waals surface area (Å²) in [6.07, 6.45) is -2.35. The van der Waals surface area contributed by atoms with Crippen LogP contribution >= 0.6 is 0 Å². The fourth-order valence-electron chi connectivity index (χ4n) is 4.12. The van der Waals surface area contributed by atoms with Crippen molar-refractivity contribution in [3.8, 4) is 11.5 Å². The lowest BCUT2D eigenvalue weighted by Gasteiger charge is -2.30. The quantitative estimate of drug-likeness (QED) is 0.675. The standard InChI is InChI=1S/C20H21NO8/c1-10(22)28-18-7-15(24)13-3-4-21(20(25)19(18)29-11(2)23)8-12-5-16-17(6-14(12)13)27-9-26-16/h5-6,13,18-19H,3-4,7-9H2,1-2H3/t13-,18-,19+/m0/s1. The molecule has 0 radical (unpaired) electrons. The summed E-state index contributed by atoms with van der Waals surface area (Å²) >= 11 is 0. The Bertz CT molecular complexity index is 895. The molecule has 0 saturated carbocycles. The van der Waals surface area contributed by atoms with Gasteiger partial charge in [-0.05, 0) is 29.7 Å². The smallest absolute Gasteiger partial charge is 0.303 e. The van der Waals surface area contributed by atoms with Crippen LogP contribution in [0.1, 0.15) is 43.7 Å². The lowest BCUT2D eigenvalue weighted by molar-refractivity contribution is -0.175. The third-order valence-electron chi connectivity index (χ3n) is 5.35. The predicted molar refractivity (Wildman–Crippen MR) is 96.1 cm³/mol. The summed E-state index contributed by atoms with van der Waals surface area (Å²) in [6, 6.07) is 3.58. The van der Waals surface area contributed by atoms with Crippen LogP contribution in [0, 0.1) is 0 Å². The van der Waals surface area contributed by atoms with E-state index in [1.54, 1.807) is 12.1 Å². The Morgan fingerprint density at radius 3 is 2.45 bits per heavy atom. The van der Waals surface area contributed by atoms with Gasteiger partial charge in [-0.15, -0.1) is 0 Å². The van der Waals surface area contributed by atoms with Gasteiger partial charge in [-0.3, -0.25) is 19.2 Å². The van der Waals surface area contributed by atoms with Gasteiger partial charge in [-0.1, -0.05) is 0 Å². The molecule has 0 aliphatic carbocycles. The van der Waals surface area contributed by atoms with Crippen molar-refractivity contribution in [3.05, 3.63) is 23.3 Å². The topological polar surface area (TPSA) is 108 Å². The molecule has 154 valence electrons. The minimum atomic E-state index is -1.37. The summed E-state index contributed by atoms with van der Waals surface area (Å²) in [7, 11) is 0. The first-order valence-electron chi connectivity index (χ1n) is 9.42. The zero-order valence-corrected chi connectivity index (χ0v) is 16.1. The van der Waals surface area contributed by atoms with Gasteiger partial charge in [0.2, 0.25) is 12.9 Å². The molecule has 0 unspecified atom stereocenters. The Morgan fingerprint density at radius 2 is 1.76 bits per heavy atom. The first-order chi connectivity index (χ1) is 13.8. The van der Waals surface area contributed by atoms with Gasteiger partial charge in [0.15, 0.2) is 17.6 Å². The number of benzene rings is 1. The molecule has 3 aliphatic heterocycles. The average molecular weight is 403 g/mol. The average Bonchev–Trinajstić information content (AvgIpc) is 3.02. The number of carbonyl (C=O) groups excluding carboxylic acids is 4. The number of esters is 2. The summed E-state index contributed by atoms with van der Waals surface area (Å²) < 4.78 is 21.3. The molecule has 9 nitrogen and oxygen atoms in total. The van der Waals surface area contributed by atoms with Crippen LogP contribution in [0.5, 0.6) is 11.5 Å². The van der Waals surface area contributed by atoms with Crippen molar-refractivity contribution in [3.63, 3.8) is 0 Å². The van der Waals surface area contributed by atoms with Gasteiger partial charge in [-0.25, -0.2) is 0 Å². The molecule has 0 spiro atoms. The van der Waals surface area contributed by atoms with Crippen molar-refractivity contribution < 1.29 is 38.1 Å². The van der Waals surface area contributed by atoms with E-state index in [2.05, 4.69) is 0 Å². The predicted octanol–water partition coefficient (Wildman–Crippen LogP) is 1.07. The molecule has 1 saturated heterocycles. The molecule has 3 atom stereocenters. The maximum atomic E-state index is 13.2. The SMILES string of the molecule is CC(=O)O[C@H]1CC(=O)[C@H]2CCN(Cc3cc4c(cc32)OCO4)C(=O)[C@@H]1OC(C)=O. The summed E-state index contributed by atoms with van der Waals surface area (Å²) in [5.74, 6) is -1.40. The highest BCUT2D eigenvalue weighted by Gasteiger charge is 2.43. The van der Waals surface area contributed by atoms with Crippen molar-refractivity contribution in [1.82, 2.24) is 4.90 Å². The van der Waals surface area contributed by atoms with Crippen LogP contribution in [0.25, 0.3) is 0 Å². The van der Waals surface area contributed by atoms with E-state index in [9.17, 15) is 19.2 Å². The highest BCUT2D eigenvalue weighted by molar-refractivity contribution is 5.91. The lowest BCUT2D eigenvalue weighted by Crippen LogP contribution is -2.48. The van der Waals surface area contributed by atoms with Gasteiger partial charge < -0.3 is 23.8 Å². The van der Waals surface area contributed by atoms with Gasteiger partial charge in [0, 0.05) is 39.3 Å².